The number of rotatable bonds is 4. The number of aromatic nitrogens is 1. The zero-order chi connectivity index (χ0) is 15.6. The molecule has 0 radical (unpaired) electrons. The molecule has 9 heteroatoms. The van der Waals surface area contributed by atoms with Gasteiger partial charge in [0.2, 0.25) is 5.91 Å². The predicted octanol–water partition coefficient (Wildman–Crippen LogP) is -0.422. The molecule has 2 unspecified atom stereocenters. The standard InChI is InChI=1S/C12H16N4O4S/c1-6(13)11-15-7(5-21-11)12(20)16-3-2-14-10(19)8(16)4-9(17)18/h5-6,8H,2-4,13H2,1H3,(H,14,19)(H,17,18). The van der Waals surface area contributed by atoms with Crippen molar-refractivity contribution in [3.8, 4) is 0 Å². The van der Waals surface area contributed by atoms with Gasteiger partial charge in [0.15, 0.2) is 0 Å². The quantitative estimate of drug-likeness (QED) is 0.693. The number of aliphatic carboxylic acids is 1. The SMILES string of the molecule is CC(N)c1nc(C(=O)N2CCNC(=O)C2CC(=O)O)cs1. The maximum Gasteiger partial charge on any atom is 0.305 e. The first-order chi connectivity index (χ1) is 9.90. The summed E-state index contributed by atoms with van der Waals surface area (Å²) >= 11 is 1.27. The summed E-state index contributed by atoms with van der Waals surface area (Å²) in [7, 11) is 0. The third kappa shape index (κ3) is 3.37. The fourth-order valence-electron chi connectivity index (χ4n) is 2.07. The van der Waals surface area contributed by atoms with Gasteiger partial charge in [0.05, 0.1) is 12.5 Å². The largest absolute Gasteiger partial charge is 0.481 e. The zero-order valence-corrected chi connectivity index (χ0v) is 12.2. The summed E-state index contributed by atoms with van der Waals surface area (Å²) in [4.78, 5) is 40.5. The number of carbonyl (C=O) groups excluding carboxylic acids is 2. The number of nitrogens with two attached hydrogens (primary N) is 1. The van der Waals surface area contributed by atoms with Gasteiger partial charge < -0.3 is 21.1 Å². The van der Waals surface area contributed by atoms with Gasteiger partial charge in [-0.2, -0.15) is 0 Å². The van der Waals surface area contributed by atoms with Crippen LogP contribution in [0.2, 0.25) is 0 Å². The molecule has 0 spiro atoms. The Kier molecular flexibility index (Phi) is 4.53. The Morgan fingerprint density at radius 1 is 1.67 bits per heavy atom. The second-order valence-corrected chi connectivity index (χ2v) is 5.65. The molecule has 2 rings (SSSR count). The highest BCUT2D eigenvalue weighted by atomic mass is 32.1. The summed E-state index contributed by atoms with van der Waals surface area (Å²) < 4.78 is 0. The molecule has 1 saturated heterocycles. The first kappa shape index (κ1) is 15.4. The highest BCUT2D eigenvalue weighted by Gasteiger charge is 2.35. The maximum atomic E-state index is 12.4. The minimum atomic E-state index is -1.13. The van der Waals surface area contributed by atoms with E-state index in [4.69, 9.17) is 10.8 Å². The molecule has 1 aromatic rings. The van der Waals surface area contributed by atoms with Crippen molar-refractivity contribution in [1.82, 2.24) is 15.2 Å². The first-order valence-electron chi connectivity index (χ1n) is 6.41. The van der Waals surface area contributed by atoms with E-state index >= 15 is 0 Å². The number of hydrogen-bond donors (Lipinski definition) is 3. The van der Waals surface area contributed by atoms with Crippen molar-refractivity contribution in [3.63, 3.8) is 0 Å². The van der Waals surface area contributed by atoms with Gasteiger partial charge in [0, 0.05) is 18.5 Å². The number of hydrogen-bond acceptors (Lipinski definition) is 6. The molecule has 0 saturated carbocycles. The van der Waals surface area contributed by atoms with E-state index in [0.717, 1.165) is 0 Å². The van der Waals surface area contributed by atoms with E-state index in [1.54, 1.807) is 12.3 Å². The van der Waals surface area contributed by atoms with Crippen LogP contribution in [0.5, 0.6) is 0 Å². The van der Waals surface area contributed by atoms with E-state index in [0.29, 0.717) is 11.6 Å². The normalized spacial score (nSPS) is 20.0. The second-order valence-electron chi connectivity index (χ2n) is 4.76. The van der Waals surface area contributed by atoms with E-state index in [1.165, 1.54) is 16.2 Å². The minimum Gasteiger partial charge on any atom is -0.481 e. The molecular weight excluding hydrogens is 296 g/mol. The highest BCUT2D eigenvalue weighted by Crippen LogP contribution is 2.19. The van der Waals surface area contributed by atoms with E-state index in [1.807, 2.05) is 0 Å². The van der Waals surface area contributed by atoms with Gasteiger partial charge in [-0.1, -0.05) is 0 Å². The summed E-state index contributed by atoms with van der Waals surface area (Å²) in [5.74, 6) is -2.04. The smallest absolute Gasteiger partial charge is 0.305 e. The van der Waals surface area contributed by atoms with E-state index in [9.17, 15) is 14.4 Å². The number of piperazine rings is 1. The van der Waals surface area contributed by atoms with Crippen molar-refractivity contribution in [2.24, 2.45) is 5.73 Å². The Balaban J connectivity index is 2.21. The molecule has 8 nitrogen and oxygen atoms in total. The Hall–Kier alpha value is -2.00. The molecule has 114 valence electrons. The van der Waals surface area contributed by atoms with Crippen LogP contribution in [0, 0.1) is 0 Å². The lowest BCUT2D eigenvalue weighted by Gasteiger charge is -2.33. The van der Waals surface area contributed by atoms with Crippen LogP contribution in [-0.2, 0) is 9.59 Å². The molecule has 1 aliphatic heterocycles. The number of carboxylic acids is 1. The second kappa shape index (κ2) is 6.19. The molecule has 1 aliphatic rings. The Labute approximate surface area is 124 Å². The first-order valence-corrected chi connectivity index (χ1v) is 7.29. The minimum absolute atomic E-state index is 0.192. The highest BCUT2D eigenvalue weighted by molar-refractivity contribution is 7.09. The van der Waals surface area contributed by atoms with Crippen molar-refractivity contribution in [2.45, 2.75) is 25.4 Å². The summed E-state index contributed by atoms with van der Waals surface area (Å²) in [6.07, 6.45) is -0.429. The molecule has 0 aromatic carbocycles. The Bertz CT molecular complexity index is 571. The van der Waals surface area contributed by atoms with Gasteiger partial charge in [0.25, 0.3) is 5.91 Å². The number of amides is 2. The molecule has 0 bridgehead atoms. The lowest BCUT2D eigenvalue weighted by atomic mass is 10.1. The van der Waals surface area contributed by atoms with Crippen LogP contribution in [0.3, 0.4) is 0 Å². The molecule has 0 aliphatic carbocycles. The van der Waals surface area contributed by atoms with Gasteiger partial charge in [-0.3, -0.25) is 14.4 Å². The lowest BCUT2D eigenvalue weighted by Crippen LogP contribution is -2.57. The predicted molar refractivity (Wildman–Crippen MR) is 74.8 cm³/mol. The molecular formula is C12H16N4O4S. The fourth-order valence-corrected chi connectivity index (χ4v) is 2.82. The number of nitrogens with zero attached hydrogens (tertiary/aromatic N) is 2. The van der Waals surface area contributed by atoms with Crippen molar-refractivity contribution in [1.29, 1.82) is 0 Å². The monoisotopic (exact) mass is 312 g/mol. The topological polar surface area (TPSA) is 126 Å². The van der Waals surface area contributed by atoms with Crippen LogP contribution < -0.4 is 11.1 Å². The summed E-state index contributed by atoms with van der Waals surface area (Å²) in [5, 5.41) is 13.6. The van der Waals surface area contributed by atoms with Crippen molar-refractivity contribution in [3.05, 3.63) is 16.1 Å². The van der Waals surface area contributed by atoms with E-state index in [2.05, 4.69) is 10.3 Å². The van der Waals surface area contributed by atoms with Gasteiger partial charge in [-0.15, -0.1) is 11.3 Å². The van der Waals surface area contributed by atoms with E-state index < -0.39 is 30.2 Å². The van der Waals surface area contributed by atoms with Crippen LogP contribution in [0.4, 0.5) is 0 Å². The van der Waals surface area contributed by atoms with Gasteiger partial charge in [0.1, 0.15) is 16.7 Å². The molecule has 2 heterocycles. The van der Waals surface area contributed by atoms with Gasteiger partial charge in [-0.25, -0.2) is 4.98 Å². The van der Waals surface area contributed by atoms with Crippen molar-refractivity contribution in [2.75, 3.05) is 13.1 Å². The average molecular weight is 312 g/mol. The lowest BCUT2D eigenvalue weighted by molar-refractivity contribution is -0.142. The average Bonchev–Trinajstić information content (AvgIpc) is 2.89. The van der Waals surface area contributed by atoms with Crippen LogP contribution in [0.15, 0.2) is 5.38 Å². The van der Waals surface area contributed by atoms with E-state index in [-0.39, 0.29) is 18.3 Å². The third-order valence-corrected chi connectivity index (χ3v) is 4.14. The molecule has 2 amide bonds. The Morgan fingerprint density at radius 3 is 2.95 bits per heavy atom. The number of carboxylic acid groups (broad SMARTS) is 1. The molecule has 4 N–H and O–H groups in total. The number of thiazole rings is 1. The third-order valence-electron chi connectivity index (χ3n) is 3.09. The molecule has 2 atom stereocenters. The zero-order valence-electron chi connectivity index (χ0n) is 11.4. The van der Waals surface area contributed by atoms with Crippen LogP contribution in [0.1, 0.15) is 34.9 Å². The summed E-state index contributed by atoms with van der Waals surface area (Å²) in [6.45, 7) is 2.31. The number of carbonyl (C=O) groups is 3. The van der Waals surface area contributed by atoms with Gasteiger partial charge >= 0.3 is 5.97 Å². The summed E-state index contributed by atoms with van der Waals surface area (Å²) in [5.41, 5.74) is 5.89. The Morgan fingerprint density at radius 2 is 2.38 bits per heavy atom. The van der Waals surface area contributed by atoms with Crippen LogP contribution >= 0.6 is 11.3 Å². The molecule has 1 fully saturated rings. The maximum absolute atomic E-state index is 12.4. The molecule has 21 heavy (non-hydrogen) atoms. The van der Waals surface area contributed by atoms with Crippen molar-refractivity contribution < 1.29 is 19.5 Å². The summed E-state index contributed by atoms with van der Waals surface area (Å²) in [6, 6.07) is -1.29. The van der Waals surface area contributed by atoms with Crippen LogP contribution in [0.25, 0.3) is 0 Å². The van der Waals surface area contributed by atoms with Crippen LogP contribution in [-0.4, -0.2) is 51.9 Å². The van der Waals surface area contributed by atoms with Crippen molar-refractivity contribution >= 4 is 29.1 Å². The van der Waals surface area contributed by atoms with Gasteiger partial charge in [-0.05, 0) is 6.92 Å². The fraction of sp³-hybridized carbons (Fsp3) is 0.500. The molecule has 1 aromatic heterocycles. The number of nitrogens with one attached hydrogen (secondary N) is 1.